The van der Waals surface area contributed by atoms with Crippen molar-refractivity contribution in [2.75, 3.05) is 20.0 Å². The predicted octanol–water partition coefficient (Wildman–Crippen LogP) is 4.20. The van der Waals surface area contributed by atoms with Gasteiger partial charge in [0, 0.05) is 17.2 Å². The first-order chi connectivity index (χ1) is 15.5. The van der Waals surface area contributed by atoms with Crippen molar-refractivity contribution in [2.24, 2.45) is 11.8 Å². The number of nitrogens with one attached hydrogen (secondary N) is 2. The van der Waals surface area contributed by atoms with E-state index in [1.54, 1.807) is 11.3 Å². The third-order valence-corrected chi connectivity index (χ3v) is 7.24. The molecule has 1 heterocycles. The highest BCUT2D eigenvalue weighted by Gasteiger charge is 2.30. The maximum Gasteiger partial charge on any atom is 0.251 e. The van der Waals surface area contributed by atoms with Crippen LogP contribution in [0.3, 0.4) is 0 Å². The van der Waals surface area contributed by atoms with Crippen molar-refractivity contribution in [3.8, 4) is 0 Å². The molecule has 0 aliphatic heterocycles. The van der Waals surface area contributed by atoms with Crippen LogP contribution in [0.15, 0.2) is 29.6 Å². The molecule has 1 aromatic carbocycles. The Bertz CT molecular complexity index is 878. The van der Waals surface area contributed by atoms with Crippen molar-refractivity contribution in [2.45, 2.75) is 57.9 Å². The summed E-state index contributed by atoms with van der Waals surface area (Å²) in [5, 5.41) is 15.5. The number of benzene rings is 1. The minimum atomic E-state index is -0.622. The van der Waals surface area contributed by atoms with Gasteiger partial charge in [-0.25, -0.2) is 5.48 Å². The second kappa shape index (κ2) is 12.3. The standard InChI is InChI=1S/C24H34N2O5S/c1-3-30-15-31-13-18(25-23(27)17-10-8-16(2)9-11-17)12-20(24(28)26-29)21-14-32-22-7-5-4-6-19(21)22/h4-7,14,16-18,20,29H,3,8-13,15H2,1-2H3,(H,25,27)(H,26,28)/t16?,17?,18-,20-/m0/s1. The van der Waals surface area contributed by atoms with Crippen LogP contribution in [0.2, 0.25) is 0 Å². The van der Waals surface area contributed by atoms with Gasteiger partial charge in [0.15, 0.2) is 0 Å². The maximum absolute atomic E-state index is 13.0. The average Bonchev–Trinajstić information content (AvgIpc) is 3.23. The van der Waals surface area contributed by atoms with E-state index in [9.17, 15) is 14.8 Å². The zero-order valence-electron chi connectivity index (χ0n) is 18.8. The first-order valence-electron chi connectivity index (χ1n) is 11.4. The molecular formula is C24H34N2O5S. The van der Waals surface area contributed by atoms with Crippen molar-refractivity contribution in [3.05, 3.63) is 35.2 Å². The molecule has 7 nitrogen and oxygen atoms in total. The summed E-state index contributed by atoms with van der Waals surface area (Å²) in [7, 11) is 0. The van der Waals surface area contributed by atoms with Gasteiger partial charge in [0.25, 0.3) is 5.91 Å². The molecule has 1 aliphatic rings. The lowest BCUT2D eigenvalue weighted by Gasteiger charge is -2.29. The average molecular weight is 463 g/mol. The molecule has 0 spiro atoms. The summed E-state index contributed by atoms with van der Waals surface area (Å²) in [6, 6.07) is 7.48. The van der Waals surface area contributed by atoms with Crippen molar-refractivity contribution in [3.63, 3.8) is 0 Å². The number of rotatable bonds is 11. The van der Waals surface area contributed by atoms with Gasteiger partial charge in [-0.15, -0.1) is 11.3 Å². The normalized spacial score (nSPS) is 20.6. The highest BCUT2D eigenvalue weighted by Crippen LogP contribution is 2.34. The van der Waals surface area contributed by atoms with Crippen LogP contribution in [0.1, 0.15) is 57.4 Å². The van der Waals surface area contributed by atoms with E-state index >= 15 is 0 Å². The van der Waals surface area contributed by atoms with Gasteiger partial charge in [-0.3, -0.25) is 14.8 Å². The van der Waals surface area contributed by atoms with Gasteiger partial charge in [-0.1, -0.05) is 25.1 Å². The Hall–Kier alpha value is -2.00. The topological polar surface area (TPSA) is 96.9 Å². The minimum absolute atomic E-state index is 0.00677. The van der Waals surface area contributed by atoms with Crippen LogP contribution in [0.5, 0.6) is 0 Å². The van der Waals surface area contributed by atoms with E-state index in [2.05, 4.69) is 12.2 Å². The van der Waals surface area contributed by atoms with Gasteiger partial charge < -0.3 is 14.8 Å². The molecule has 1 aliphatic carbocycles. The largest absolute Gasteiger partial charge is 0.356 e. The second-order valence-corrected chi connectivity index (χ2v) is 9.51. The predicted molar refractivity (Wildman–Crippen MR) is 125 cm³/mol. The Morgan fingerprint density at radius 3 is 2.66 bits per heavy atom. The van der Waals surface area contributed by atoms with E-state index in [1.807, 2.05) is 42.0 Å². The van der Waals surface area contributed by atoms with E-state index in [-0.39, 0.29) is 31.3 Å². The summed E-state index contributed by atoms with van der Waals surface area (Å²) >= 11 is 1.56. The molecule has 1 fully saturated rings. The molecule has 0 saturated heterocycles. The molecule has 2 aromatic rings. The van der Waals surface area contributed by atoms with Crippen molar-refractivity contribution in [1.82, 2.24) is 10.8 Å². The van der Waals surface area contributed by atoms with Crippen LogP contribution >= 0.6 is 11.3 Å². The number of hydrogen-bond acceptors (Lipinski definition) is 6. The molecule has 0 bridgehead atoms. The molecular weight excluding hydrogens is 428 g/mol. The number of ether oxygens (including phenoxy) is 2. The van der Waals surface area contributed by atoms with Crippen LogP contribution in [0.4, 0.5) is 0 Å². The lowest BCUT2D eigenvalue weighted by atomic mass is 9.82. The smallest absolute Gasteiger partial charge is 0.251 e. The van der Waals surface area contributed by atoms with Gasteiger partial charge >= 0.3 is 0 Å². The molecule has 3 N–H and O–H groups in total. The zero-order chi connectivity index (χ0) is 22.9. The fraction of sp³-hybridized carbons (Fsp3) is 0.583. The third-order valence-electron chi connectivity index (χ3n) is 6.26. The fourth-order valence-electron chi connectivity index (χ4n) is 4.35. The first kappa shape index (κ1) is 24.6. The van der Waals surface area contributed by atoms with Crippen LogP contribution in [0, 0.1) is 11.8 Å². The zero-order valence-corrected chi connectivity index (χ0v) is 19.7. The number of amides is 2. The second-order valence-electron chi connectivity index (χ2n) is 8.60. The first-order valence-corrected chi connectivity index (χ1v) is 12.3. The van der Waals surface area contributed by atoms with Gasteiger partial charge in [0.1, 0.15) is 6.79 Å². The molecule has 1 aromatic heterocycles. The Balaban J connectivity index is 1.76. The Kier molecular flexibility index (Phi) is 9.47. The minimum Gasteiger partial charge on any atom is -0.356 e. The number of hydrogen-bond donors (Lipinski definition) is 3. The molecule has 1 saturated carbocycles. The molecule has 0 unspecified atom stereocenters. The molecule has 0 radical (unpaired) electrons. The Labute approximate surface area is 193 Å². The van der Waals surface area contributed by atoms with E-state index in [1.165, 1.54) is 0 Å². The van der Waals surface area contributed by atoms with E-state index in [0.29, 0.717) is 18.9 Å². The monoisotopic (exact) mass is 462 g/mol. The third kappa shape index (κ3) is 6.51. The molecule has 8 heteroatoms. The lowest BCUT2D eigenvalue weighted by molar-refractivity contribution is -0.132. The summed E-state index contributed by atoms with van der Waals surface area (Å²) in [5.41, 5.74) is 2.65. The number of thiophene rings is 1. The van der Waals surface area contributed by atoms with Gasteiger partial charge in [0.2, 0.25) is 5.91 Å². The van der Waals surface area contributed by atoms with Gasteiger partial charge in [0.05, 0.1) is 18.6 Å². The lowest BCUT2D eigenvalue weighted by Crippen LogP contribution is -2.44. The van der Waals surface area contributed by atoms with Crippen LogP contribution in [-0.2, 0) is 19.1 Å². The van der Waals surface area contributed by atoms with Crippen LogP contribution < -0.4 is 10.8 Å². The molecule has 176 valence electrons. The van der Waals surface area contributed by atoms with Gasteiger partial charge in [-0.2, -0.15) is 0 Å². The summed E-state index contributed by atoms with van der Waals surface area (Å²) in [6.45, 7) is 5.00. The van der Waals surface area contributed by atoms with Crippen molar-refractivity contribution < 1.29 is 24.3 Å². The number of hydroxylamine groups is 1. The van der Waals surface area contributed by atoms with E-state index in [0.717, 1.165) is 41.3 Å². The van der Waals surface area contributed by atoms with Crippen LogP contribution in [0.25, 0.3) is 10.1 Å². The summed E-state index contributed by atoms with van der Waals surface area (Å²) in [5.74, 6) is -0.450. The van der Waals surface area contributed by atoms with Crippen molar-refractivity contribution in [1.29, 1.82) is 0 Å². The maximum atomic E-state index is 13.0. The fourth-order valence-corrected chi connectivity index (χ4v) is 5.36. The van der Waals surface area contributed by atoms with Crippen molar-refractivity contribution >= 4 is 33.2 Å². The Morgan fingerprint density at radius 1 is 1.19 bits per heavy atom. The van der Waals surface area contributed by atoms with E-state index in [4.69, 9.17) is 9.47 Å². The van der Waals surface area contributed by atoms with Gasteiger partial charge in [-0.05, 0) is 67.3 Å². The summed E-state index contributed by atoms with van der Waals surface area (Å²) in [6.07, 6.45) is 4.19. The SMILES string of the molecule is CCOCOC[C@H](C[C@H](C(=O)NO)c1csc2ccccc12)NC(=O)C1CCC(C)CC1. The number of fused-ring (bicyclic) bond motifs is 1. The molecule has 3 rings (SSSR count). The number of carbonyl (C=O) groups is 2. The molecule has 2 amide bonds. The molecule has 2 atom stereocenters. The van der Waals surface area contributed by atoms with E-state index < -0.39 is 11.8 Å². The summed E-state index contributed by atoms with van der Waals surface area (Å²) in [4.78, 5) is 25.6. The quantitative estimate of drug-likeness (QED) is 0.201. The highest BCUT2D eigenvalue weighted by atomic mass is 32.1. The highest BCUT2D eigenvalue weighted by molar-refractivity contribution is 7.17. The summed E-state index contributed by atoms with van der Waals surface area (Å²) < 4.78 is 12.0. The molecule has 32 heavy (non-hydrogen) atoms. The number of carbonyl (C=O) groups excluding carboxylic acids is 2. The van der Waals surface area contributed by atoms with Crippen LogP contribution in [-0.4, -0.2) is 43.1 Å². The Morgan fingerprint density at radius 2 is 1.94 bits per heavy atom.